The van der Waals surface area contributed by atoms with Crippen molar-refractivity contribution >= 4 is 23.9 Å². The molecular formula is C24H32O8. The number of hydrogen-bond acceptors (Lipinski definition) is 8. The highest BCUT2D eigenvalue weighted by Crippen LogP contribution is 2.37. The molecule has 0 N–H and O–H groups in total. The smallest absolute Gasteiger partial charge is 0.333 e. The Morgan fingerprint density at radius 3 is 1.81 bits per heavy atom. The van der Waals surface area contributed by atoms with Crippen LogP contribution in [0.3, 0.4) is 0 Å². The van der Waals surface area contributed by atoms with Gasteiger partial charge in [-0.05, 0) is 44.9 Å². The molecule has 1 rings (SSSR count). The molecule has 0 spiro atoms. The minimum atomic E-state index is -1.02. The zero-order valence-corrected chi connectivity index (χ0v) is 18.4. The number of carbonyl (C=O) groups is 4. The van der Waals surface area contributed by atoms with Crippen LogP contribution in [-0.4, -0.2) is 41.9 Å². The molecule has 0 saturated heterocycles. The Morgan fingerprint density at radius 2 is 1.31 bits per heavy atom. The average molecular weight is 449 g/mol. The molecule has 0 aromatic carbocycles. The number of carbonyl (C=O) groups excluding carboxylic acids is 4. The molecule has 1 fully saturated rings. The van der Waals surface area contributed by atoms with Gasteiger partial charge in [0.2, 0.25) is 6.29 Å². The maximum Gasteiger partial charge on any atom is 0.333 e. The SMILES string of the molecule is C=CC(=O)OC1CCC(CCCCCC(OC(=O)C=C)OC(=O)C=C)(OC(=O)C=C)CC1. The second-order valence-corrected chi connectivity index (χ2v) is 7.46. The first-order valence-electron chi connectivity index (χ1n) is 10.6. The Labute approximate surface area is 188 Å². The van der Waals surface area contributed by atoms with Crippen molar-refractivity contribution in [2.45, 2.75) is 75.8 Å². The van der Waals surface area contributed by atoms with Crippen molar-refractivity contribution in [2.75, 3.05) is 0 Å². The molecule has 1 aliphatic carbocycles. The molecule has 8 nitrogen and oxygen atoms in total. The van der Waals surface area contributed by atoms with Crippen molar-refractivity contribution < 1.29 is 38.1 Å². The standard InChI is InChI=1S/C24H32O8/c1-5-19(25)29-18-13-16-24(17-14-18,32-22(28)8-4)15-11-9-10-12-23(30-20(26)6-2)31-21(27)7-3/h5-8,18,23H,1-4,9-17H2. The first-order chi connectivity index (χ1) is 15.3. The molecule has 0 aromatic heterocycles. The van der Waals surface area contributed by atoms with Gasteiger partial charge in [-0.1, -0.05) is 32.7 Å². The number of unbranched alkanes of at least 4 members (excludes halogenated alkanes) is 2. The van der Waals surface area contributed by atoms with Gasteiger partial charge in [0, 0.05) is 30.7 Å². The van der Waals surface area contributed by atoms with Crippen LogP contribution in [0.25, 0.3) is 0 Å². The van der Waals surface area contributed by atoms with Crippen LogP contribution in [0.1, 0.15) is 57.8 Å². The number of ether oxygens (including phenoxy) is 4. The Hall–Kier alpha value is -3.16. The zero-order valence-electron chi connectivity index (χ0n) is 18.4. The second-order valence-electron chi connectivity index (χ2n) is 7.46. The Kier molecular flexibility index (Phi) is 11.8. The van der Waals surface area contributed by atoms with E-state index in [4.69, 9.17) is 18.9 Å². The summed E-state index contributed by atoms with van der Waals surface area (Å²) in [5.41, 5.74) is -0.646. The topological polar surface area (TPSA) is 105 Å². The van der Waals surface area contributed by atoms with Crippen molar-refractivity contribution in [1.29, 1.82) is 0 Å². The van der Waals surface area contributed by atoms with Gasteiger partial charge in [0.15, 0.2) is 0 Å². The van der Waals surface area contributed by atoms with Crippen LogP contribution in [0.4, 0.5) is 0 Å². The van der Waals surface area contributed by atoms with Crippen LogP contribution in [-0.2, 0) is 38.1 Å². The summed E-state index contributed by atoms with van der Waals surface area (Å²) in [6.07, 6.45) is 8.34. The first kappa shape index (κ1) is 26.9. The number of esters is 4. The molecule has 0 amide bonds. The van der Waals surface area contributed by atoms with E-state index >= 15 is 0 Å². The molecule has 1 saturated carbocycles. The molecule has 32 heavy (non-hydrogen) atoms. The molecule has 0 unspecified atom stereocenters. The molecular weight excluding hydrogens is 416 g/mol. The van der Waals surface area contributed by atoms with Gasteiger partial charge >= 0.3 is 23.9 Å². The van der Waals surface area contributed by atoms with Gasteiger partial charge in [0.25, 0.3) is 0 Å². The Bertz CT molecular complexity index is 694. The van der Waals surface area contributed by atoms with Gasteiger partial charge in [-0.15, -0.1) is 0 Å². The summed E-state index contributed by atoms with van der Waals surface area (Å²) in [5, 5.41) is 0. The van der Waals surface area contributed by atoms with Crippen molar-refractivity contribution in [1.82, 2.24) is 0 Å². The van der Waals surface area contributed by atoms with Crippen LogP contribution >= 0.6 is 0 Å². The third kappa shape index (κ3) is 9.76. The van der Waals surface area contributed by atoms with Gasteiger partial charge in [0.1, 0.15) is 11.7 Å². The van der Waals surface area contributed by atoms with E-state index in [-0.39, 0.29) is 6.10 Å². The molecule has 0 aromatic rings. The molecule has 1 aliphatic rings. The molecule has 176 valence electrons. The Morgan fingerprint density at radius 1 is 0.781 bits per heavy atom. The van der Waals surface area contributed by atoms with Crippen molar-refractivity contribution in [3.8, 4) is 0 Å². The van der Waals surface area contributed by atoms with E-state index in [1.807, 2.05) is 0 Å². The zero-order chi connectivity index (χ0) is 24.0. The second kappa shape index (κ2) is 14.0. The van der Waals surface area contributed by atoms with E-state index in [1.165, 1.54) is 0 Å². The average Bonchev–Trinajstić information content (AvgIpc) is 2.79. The van der Waals surface area contributed by atoms with Crippen LogP contribution in [0, 0.1) is 0 Å². The normalized spacial score (nSPS) is 19.8. The molecule has 0 heterocycles. The fourth-order valence-corrected chi connectivity index (χ4v) is 3.54. The lowest BCUT2D eigenvalue weighted by molar-refractivity contribution is -0.182. The Balaban J connectivity index is 2.57. The van der Waals surface area contributed by atoms with Gasteiger partial charge in [-0.3, -0.25) is 0 Å². The molecule has 0 atom stereocenters. The summed E-state index contributed by atoms with van der Waals surface area (Å²) in [6, 6.07) is 0. The lowest BCUT2D eigenvalue weighted by Gasteiger charge is -2.39. The van der Waals surface area contributed by atoms with E-state index in [1.54, 1.807) is 0 Å². The van der Waals surface area contributed by atoms with E-state index in [0.717, 1.165) is 37.1 Å². The molecule has 0 bridgehead atoms. The fraction of sp³-hybridized carbons (Fsp3) is 0.500. The summed E-state index contributed by atoms with van der Waals surface area (Å²) in [4.78, 5) is 46.1. The number of rotatable bonds is 14. The predicted octanol–water partition coefficient (Wildman–Crippen LogP) is 3.86. The monoisotopic (exact) mass is 448 g/mol. The molecule has 0 aliphatic heterocycles. The van der Waals surface area contributed by atoms with Crippen LogP contribution in [0.2, 0.25) is 0 Å². The maximum atomic E-state index is 11.9. The summed E-state index contributed by atoms with van der Waals surface area (Å²) in [6.45, 7) is 13.5. The minimum Gasteiger partial charge on any atom is -0.459 e. The van der Waals surface area contributed by atoms with Crippen LogP contribution in [0.15, 0.2) is 50.6 Å². The predicted molar refractivity (Wildman–Crippen MR) is 117 cm³/mol. The van der Waals surface area contributed by atoms with Crippen LogP contribution < -0.4 is 0 Å². The van der Waals surface area contributed by atoms with E-state index < -0.39 is 35.8 Å². The highest BCUT2D eigenvalue weighted by Gasteiger charge is 2.39. The van der Waals surface area contributed by atoms with E-state index in [0.29, 0.717) is 44.9 Å². The lowest BCUT2D eigenvalue weighted by Crippen LogP contribution is -2.41. The number of hydrogen-bond donors (Lipinski definition) is 0. The van der Waals surface area contributed by atoms with Gasteiger partial charge in [-0.25, -0.2) is 19.2 Å². The lowest BCUT2D eigenvalue weighted by atomic mass is 9.79. The van der Waals surface area contributed by atoms with Crippen molar-refractivity contribution in [3.63, 3.8) is 0 Å². The third-order valence-corrected chi connectivity index (χ3v) is 5.18. The molecule has 0 radical (unpaired) electrons. The van der Waals surface area contributed by atoms with Crippen molar-refractivity contribution in [2.24, 2.45) is 0 Å². The maximum absolute atomic E-state index is 11.9. The van der Waals surface area contributed by atoms with Gasteiger partial charge in [-0.2, -0.15) is 0 Å². The minimum absolute atomic E-state index is 0.226. The highest BCUT2D eigenvalue weighted by atomic mass is 16.7. The highest BCUT2D eigenvalue weighted by molar-refractivity contribution is 5.83. The summed E-state index contributed by atoms with van der Waals surface area (Å²) >= 11 is 0. The fourth-order valence-electron chi connectivity index (χ4n) is 3.54. The van der Waals surface area contributed by atoms with Crippen LogP contribution in [0.5, 0.6) is 0 Å². The quantitative estimate of drug-likeness (QED) is 0.130. The van der Waals surface area contributed by atoms with Gasteiger partial charge < -0.3 is 18.9 Å². The molecule has 8 heteroatoms. The first-order valence-corrected chi connectivity index (χ1v) is 10.6. The summed E-state index contributed by atoms with van der Waals surface area (Å²) < 4.78 is 21.1. The third-order valence-electron chi connectivity index (χ3n) is 5.18. The summed E-state index contributed by atoms with van der Waals surface area (Å²) in [5.74, 6) is -2.32. The largest absolute Gasteiger partial charge is 0.459 e. The van der Waals surface area contributed by atoms with E-state index in [9.17, 15) is 19.2 Å². The van der Waals surface area contributed by atoms with Gasteiger partial charge in [0.05, 0.1) is 0 Å². The van der Waals surface area contributed by atoms with E-state index in [2.05, 4.69) is 26.3 Å². The van der Waals surface area contributed by atoms with Crippen molar-refractivity contribution in [3.05, 3.63) is 50.6 Å². The summed E-state index contributed by atoms with van der Waals surface area (Å²) in [7, 11) is 0.